The summed E-state index contributed by atoms with van der Waals surface area (Å²) in [4.78, 5) is 2.39. The summed E-state index contributed by atoms with van der Waals surface area (Å²) in [5.74, 6) is 0.783. The second kappa shape index (κ2) is 5.01. The maximum Gasteiger partial charge on any atom is 0.193 e. The summed E-state index contributed by atoms with van der Waals surface area (Å²) in [5, 5.41) is 0.416. The lowest BCUT2D eigenvalue weighted by atomic mass is 10.1. The van der Waals surface area contributed by atoms with E-state index in [1.807, 2.05) is 6.07 Å². The van der Waals surface area contributed by atoms with Gasteiger partial charge >= 0.3 is 0 Å². The van der Waals surface area contributed by atoms with Crippen LogP contribution in [0.5, 0.6) is 0 Å². The molecule has 1 aliphatic rings. The van der Waals surface area contributed by atoms with Gasteiger partial charge < -0.3 is 15.1 Å². The molecule has 2 rings (SSSR count). The van der Waals surface area contributed by atoms with Gasteiger partial charge in [0.1, 0.15) is 5.76 Å². The Morgan fingerprint density at radius 2 is 2.07 bits per heavy atom. The molecule has 2 N–H and O–H groups in total. The highest BCUT2D eigenvalue weighted by Crippen LogP contribution is 2.20. The Hall–Kier alpha value is -0.510. The zero-order valence-electron chi connectivity index (χ0n) is 8.79. The van der Waals surface area contributed by atoms with Crippen LogP contribution >= 0.6 is 11.6 Å². The normalized spacial score (nSPS) is 20.4. The van der Waals surface area contributed by atoms with Gasteiger partial charge in [-0.2, -0.15) is 0 Å². The third kappa shape index (κ3) is 2.97. The van der Waals surface area contributed by atoms with Crippen LogP contribution in [-0.4, -0.2) is 24.5 Å². The molecule has 15 heavy (non-hydrogen) atoms. The molecule has 1 fully saturated rings. The predicted molar refractivity (Wildman–Crippen MR) is 60.9 cm³/mol. The second-order valence-electron chi connectivity index (χ2n) is 4.11. The van der Waals surface area contributed by atoms with Crippen molar-refractivity contribution < 1.29 is 4.42 Å². The van der Waals surface area contributed by atoms with Gasteiger partial charge in [0.05, 0.1) is 6.04 Å². The maximum atomic E-state index is 6.05. The molecule has 1 aliphatic heterocycles. The van der Waals surface area contributed by atoms with Crippen LogP contribution in [0.2, 0.25) is 5.22 Å². The van der Waals surface area contributed by atoms with Crippen LogP contribution in [0.25, 0.3) is 0 Å². The first-order valence-corrected chi connectivity index (χ1v) is 5.86. The number of nitrogens with two attached hydrogens (primary N) is 1. The zero-order chi connectivity index (χ0) is 10.7. The number of rotatable bonds is 3. The van der Waals surface area contributed by atoms with Crippen molar-refractivity contribution >= 4 is 11.6 Å². The Kier molecular flexibility index (Phi) is 3.67. The quantitative estimate of drug-likeness (QED) is 0.864. The number of likely N-dealkylation sites (tertiary alicyclic amines) is 1. The largest absolute Gasteiger partial charge is 0.448 e. The fraction of sp³-hybridized carbons (Fsp3) is 0.636. The first-order valence-electron chi connectivity index (χ1n) is 5.49. The molecule has 0 radical (unpaired) electrons. The van der Waals surface area contributed by atoms with E-state index in [2.05, 4.69) is 4.90 Å². The van der Waals surface area contributed by atoms with E-state index in [1.165, 1.54) is 19.3 Å². The molecule has 0 aromatic carbocycles. The van der Waals surface area contributed by atoms with E-state index in [9.17, 15) is 0 Å². The third-order valence-electron chi connectivity index (χ3n) is 2.86. The van der Waals surface area contributed by atoms with E-state index in [4.69, 9.17) is 21.8 Å². The number of piperidine rings is 1. The molecule has 1 atom stereocenters. The molecule has 0 aliphatic carbocycles. The lowest BCUT2D eigenvalue weighted by molar-refractivity contribution is 0.209. The van der Waals surface area contributed by atoms with Gasteiger partial charge in [-0.15, -0.1) is 0 Å². The molecule has 2 heterocycles. The van der Waals surface area contributed by atoms with Gasteiger partial charge in [-0.3, -0.25) is 0 Å². The minimum Gasteiger partial charge on any atom is -0.448 e. The van der Waals surface area contributed by atoms with Gasteiger partial charge in [0.25, 0.3) is 0 Å². The van der Waals surface area contributed by atoms with Gasteiger partial charge in [0.15, 0.2) is 5.22 Å². The summed E-state index contributed by atoms with van der Waals surface area (Å²) >= 11 is 5.71. The Morgan fingerprint density at radius 3 is 2.67 bits per heavy atom. The molecule has 1 aromatic heterocycles. The molecule has 1 saturated heterocycles. The molecule has 3 nitrogen and oxygen atoms in total. The van der Waals surface area contributed by atoms with Crippen LogP contribution in [0.15, 0.2) is 16.5 Å². The van der Waals surface area contributed by atoms with E-state index in [0.29, 0.717) is 5.22 Å². The monoisotopic (exact) mass is 228 g/mol. The van der Waals surface area contributed by atoms with Crippen molar-refractivity contribution in [1.82, 2.24) is 4.90 Å². The van der Waals surface area contributed by atoms with E-state index in [1.54, 1.807) is 6.07 Å². The Balaban J connectivity index is 1.88. The molecule has 4 heteroatoms. The first-order chi connectivity index (χ1) is 7.25. The molecule has 0 bridgehead atoms. The molecule has 84 valence electrons. The highest BCUT2D eigenvalue weighted by molar-refractivity contribution is 6.28. The Labute approximate surface area is 95.2 Å². The van der Waals surface area contributed by atoms with Gasteiger partial charge in [-0.05, 0) is 49.7 Å². The summed E-state index contributed by atoms with van der Waals surface area (Å²) in [6.07, 6.45) is 3.91. The fourth-order valence-corrected chi connectivity index (χ4v) is 2.19. The minimum absolute atomic E-state index is 0.0596. The fourth-order valence-electron chi connectivity index (χ4n) is 2.04. The number of nitrogens with zero attached hydrogens (tertiary/aromatic N) is 1. The number of halogens is 1. The molecule has 0 saturated carbocycles. The predicted octanol–water partition coefficient (Wildman–Crippen LogP) is 2.42. The van der Waals surface area contributed by atoms with E-state index in [0.717, 1.165) is 25.4 Å². The van der Waals surface area contributed by atoms with Gasteiger partial charge in [-0.25, -0.2) is 0 Å². The summed E-state index contributed by atoms with van der Waals surface area (Å²) in [5.41, 5.74) is 6.05. The molecule has 0 spiro atoms. The lowest BCUT2D eigenvalue weighted by Crippen LogP contribution is -2.35. The highest BCUT2D eigenvalue weighted by Gasteiger charge is 2.17. The summed E-state index contributed by atoms with van der Waals surface area (Å²) in [6.45, 7) is 3.17. The highest BCUT2D eigenvalue weighted by atomic mass is 35.5. The van der Waals surface area contributed by atoms with Crippen molar-refractivity contribution in [3.8, 4) is 0 Å². The Bertz CT molecular complexity index is 307. The van der Waals surface area contributed by atoms with Crippen molar-refractivity contribution in [2.45, 2.75) is 25.3 Å². The van der Waals surface area contributed by atoms with Gasteiger partial charge in [0.2, 0.25) is 0 Å². The molecule has 0 amide bonds. The molecular weight excluding hydrogens is 212 g/mol. The van der Waals surface area contributed by atoms with Crippen molar-refractivity contribution in [3.63, 3.8) is 0 Å². The average Bonchev–Trinajstić information content (AvgIpc) is 2.66. The van der Waals surface area contributed by atoms with Crippen LogP contribution in [0.1, 0.15) is 31.1 Å². The van der Waals surface area contributed by atoms with Crippen molar-refractivity contribution in [1.29, 1.82) is 0 Å². The smallest absolute Gasteiger partial charge is 0.193 e. The summed E-state index contributed by atoms with van der Waals surface area (Å²) in [7, 11) is 0. The van der Waals surface area contributed by atoms with Crippen LogP contribution in [-0.2, 0) is 0 Å². The number of furan rings is 1. The molecule has 1 aromatic rings. The standard InChI is InChI=1S/C11H17ClN2O/c12-11-5-4-10(15-11)9(13)8-14-6-2-1-3-7-14/h4-5,9H,1-3,6-8,13H2. The lowest BCUT2D eigenvalue weighted by Gasteiger charge is -2.28. The Morgan fingerprint density at radius 1 is 1.33 bits per heavy atom. The summed E-state index contributed by atoms with van der Waals surface area (Å²) < 4.78 is 5.30. The van der Waals surface area contributed by atoms with Crippen molar-refractivity contribution in [2.75, 3.05) is 19.6 Å². The van der Waals surface area contributed by atoms with Crippen molar-refractivity contribution in [3.05, 3.63) is 23.1 Å². The van der Waals surface area contributed by atoms with Crippen LogP contribution < -0.4 is 5.73 Å². The zero-order valence-corrected chi connectivity index (χ0v) is 9.54. The minimum atomic E-state index is -0.0596. The second-order valence-corrected chi connectivity index (χ2v) is 4.48. The van der Waals surface area contributed by atoms with Crippen LogP contribution in [0.3, 0.4) is 0 Å². The van der Waals surface area contributed by atoms with Gasteiger partial charge in [0, 0.05) is 6.54 Å². The van der Waals surface area contributed by atoms with Crippen LogP contribution in [0, 0.1) is 0 Å². The molecular formula is C11H17ClN2O. The molecule has 1 unspecified atom stereocenters. The number of hydrogen-bond donors (Lipinski definition) is 1. The van der Waals surface area contributed by atoms with E-state index < -0.39 is 0 Å². The summed E-state index contributed by atoms with van der Waals surface area (Å²) in [6, 6.07) is 3.54. The van der Waals surface area contributed by atoms with Crippen LogP contribution in [0.4, 0.5) is 0 Å². The van der Waals surface area contributed by atoms with Gasteiger partial charge in [-0.1, -0.05) is 6.42 Å². The van der Waals surface area contributed by atoms with E-state index in [-0.39, 0.29) is 6.04 Å². The SMILES string of the molecule is NC(CN1CCCCC1)c1ccc(Cl)o1. The third-order valence-corrected chi connectivity index (χ3v) is 3.07. The van der Waals surface area contributed by atoms with Crippen molar-refractivity contribution in [2.24, 2.45) is 5.73 Å². The van der Waals surface area contributed by atoms with E-state index >= 15 is 0 Å². The number of hydrogen-bond acceptors (Lipinski definition) is 3. The maximum absolute atomic E-state index is 6.05. The first kappa shape index (κ1) is 11.0. The topological polar surface area (TPSA) is 42.4 Å². The average molecular weight is 229 g/mol.